The van der Waals surface area contributed by atoms with Gasteiger partial charge in [0.1, 0.15) is 6.61 Å². The molecule has 1 unspecified atom stereocenters. The Morgan fingerprint density at radius 1 is 1.35 bits per heavy atom. The molecular formula is C14H25F2N3O. The van der Waals surface area contributed by atoms with Crippen LogP contribution in [0.15, 0.2) is 12.3 Å². The van der Waals surface area contributed by atoms with Crippen molar-refractivity contribution in [2.75, 3.05) is 19.8 Å². The molecule has 0 saturated carbocycles. The van der Waals surface area contributed by atoms with Crippen LogP contribution in [0.25, 0.3) is 0 Å². The summed E-state index contributed by atoms with van der Waals surface area (Å²) in [7, 11) is 0. The highest BCUT2D eigenvalue weighted by atomic mass is 19.3. The molecule has 20 heavy (non-hydrogen) atoms. The second-order valence-electron chi connectivity index (χ2n) is 4.74. The molecule has 0 aliphatic carbocycles. The standard InChI is InChI=1S/C14H25F2N3O/c1-3-7-17-12(6-10-20-11-14(15)16)13-5-8-18-19(13)9-4-2/h5,8,12,14,17H,3-4,6-7,9-11H2,1-2H3. The SMILES string of the molecule is CCCNC(CCOCC(F)F)c1ccnn1CCC. The van der Waals surface area contributed by atoms with Gasteiger partial charge in [0.25, 0.3) is 6.43 Å². The third-order valence-electron chi connectivity index (χ3n) is 2.98. The highest BCUT2D eigenvalue weighted by Gasteiger charge is 2.15. The monoisotopic (exact) mass is 289 g/mol. The summed E-state index contributed by atoms with van der Waals surface area (Å²) >= 11 is 0. The summed E-state index contributed by atoms with van der Waals surface area (Å²) in [4.78, 5) is 0. The maximum atomic E-state index is 12.0. The van der Waals surface area contributed by atoms with Gasteiger partial charge in [-0.15, -0.1) is 0 Å². The minimum Gasteiger partial charge on any atom is -0.375 e. The van der Waals surface area contributed by atoms with Gasteiger partial charge in [0.05, 0.1) is 11.7 Å². The molecule has 1 N–H and O–H groups in total. The first-order chi connectivity index (χ1) is 9.69. The van der Waals surface area contributed by atoms with Crippen LogP contribution in [0.3, 0.4) is 0 Å². The Bertz CT molecular complexity index is 358. The third kappa shape index (κ3) is 5.96. The Hall–Kier alpha value is -1.01. The molecule has 4 nitrogen and oxygen atoms in total. The lowest BCUT2D eigenvalue weighted by molar-refractivity contribution is 0.0141. The minimum absolute atomic E-state index is 0.0988. The topological polar surface area (TPSA) is 39.1 Å². The van der Waals surface area contributed by atoms with E-state index in [1.54, 1.807) is 6.20 Å². The van der Waals surface area contributed by atoms with Gasteiger partial charge in [-0.3, -0.25) is 4.68 Å². The average molecular weight is 289 g/mol. The lowest BCUT2D eigenvalue weighted by Crippen LogP contribution is -2.26. The number of alkyl halides is 2. The minimum atomic E-state index is -2.40. The molecule has 0 bridgehead atoms. The molecule has 1 heterocycles. The van der Waals surface area contributed by atoms with E-state index in [1.807, 2.05) is 10.7 Å². The van der Waals surface area contributed by atoms with Gasteiger partial charge in [-0.2, -0.15) is 5.10 Å². The number of rotatable bonds is 11. The molecule has 0 aliphatic rings. The summed E-state index contributed by atoms with van der Waals surface area (Å²) in [5.41, 5.74) is 1.10. The summed E-state index contributed by atoms with van der Waals surface area (Å²) in [6.07, 6.45) is 2.09. The number of ether oxygens (including phenoxy) is 1. The van der Waals surface area contributed by atoms with E-state index >= 15 is 0 Å². The number of hydrogen-bond acceptors (Lipinski definition) is 3. The van der Waals surface area contributed by atoms with Crippen molar-refractivity contribution in [2.45, 2.75) is 52.1 Å². The normalized spacial score (nSPS) is 13.1. The van der Waals surface area contributed by atoms with Crippen LogP contribution in [-0.4, -0.2) is 36.0 Å². The van der Waals surface area contributed by atoms with Gasteiger partial charge < -0.3 is 10.1 Å². The highest BCUT2D eigenvalue weighted by Crippen LogP contribution is 2.17. The summed E-state index contributed by atoms with van der Waals surface area (Å²) in [5, 5.41) is 7.74. The van der Waals surface area contributed by atoms with Crippen LogP contribution >= 0.6 is 0 Å². The second-order valence-corrected chi connectivity index (χ2v) is 4.74. The molecule has 0 saturated heterocycles. The van der Waals surface area contributed by atoms with E-state index in [-0.39, 0.29) is 6.04 Å². The predicted molar refractivity (Wildman–Crippen MR) is 75.0 cm³/mol. The Morgan fingerprint density at radius 3 is 2.80 bits per heavy atom. The van der Waals surface area contributed by atoms with E-state index in [9.17, 15) is 8.78 Å². The molecule has 0 aliphatic heterocycles. The zero-order valence-electron chi connectivity index (χ0n) is 12.3. The number of halogens is 2. The molecule has 1 atom stereocenters. The molecular weight excluding hydrogens is 264 g/mol. The van der Waals surface area contributed by atoms with E-state index in [4.69, 9.17) is 4.74 Å². The van der Waals surface area contributed by atoms with Crippen molar-refractivity contribution in [1.82, 2.24) is 15.1 Å². The Labute approximate surface area is 119 Å². The van der Waals surface area contributed by atoms with Gasteiger partial charge in [-0.1, -0.05) is 13.8 Å². The summed E-state index contributed by atoms with van der Waals surface area (Å²) in [6.45, 7) is 5.78. The van der Waals surface area contributed by atoms with Crippen molar-refractivity contribution in [3.05, 3.63) is 18.0 Å². The van der Waals surface area contributed by atoms with Crippen LogP contribution in [-0.2, 0) is 11.3 Å². The first kappa shape index (κ1) is 17.0. The quantitative estimate of drug-likeness (QED) is 0.637. The molecule has 1 rings (SSSR count). The lowest BCUT2D eigenvalue weighted by atomic mass is 10.1. The van der Waals surface area contributed by atoms with Crippen molar-refractivity contribution in [1.29, 1.82) is 0 Å². The van der Waals surface area contributed by atoms with Crippen molar-refractivity contribution in [2.24, 2.45) is 0 Å². The molecule has 1 aromatic heterocycles. The van der Waals surface area contributed by atoms with Gasteiger partial charge in [0.2, 0.25) is 0 Å². The van der Waals surface area contributed by atoms with E-state index in [0.717, 1.165) is 31.6 Å². The summed E-state index contributed by atoms with van der Waals surface area (Å²) in [5.74, 6) is 0. The number of aromatic nitrogens is 2. The van der Waals surface area contributed by atoms with Crippen molar-refractivity contribution < 1.29 is 13.5 Å². The third-order valence-corrected chi connectivity index (χ3v) is 2.98. The number of nitrogens with one attached hydrogen (secondary N) is 1. The van der Waals surface area contributed by atoms with Crippen LogP contribution in [0.4, 0.5) is 8.78 Å². The molecule has 0 fully saturated rings. The lowest BCUT2D eigenvalue weighted by Gasteiger charge is -2.20. The van der Waals surface area contributed by atoms with Crippen molar-refractivity contribution in [3.63, 3.8) is 0 Å². The predicted octanol–water partition coefficient (Wildman–Crippen LogP) is 3.01. The maximum Gasteiger partial charge on any atom is 0.261 e. The average Bonchev–Trinajstić information content (AvgIpc) is 2.86. The van der Waals surface area contributed by atoms with Gasteiger partial charge in [0, 0.05) is 19.3 Å². The molecule has 0 radical (unpaired) electrons. The number of aryl methyl sites for hydroxylation is 1. The smallest absolute Gasteiger partial charge is 0.261 e. The van der Waals surface area contributed by atoms with E-state index < -0.39 is 13.0 Å². The summed E-state index contributed by atoms with van der Waals surface area (Å²) < 4.78 is 31.0. The number of hydrogen-bond donors (Lipinski definition) is 1. The first-order valence-electron chi connectivity index (χ1n) is 7.30. The highest BCUT2D eigenvalue weighted by molar-refractivity contribution is 5.07. The first-order valence-corrected chi connectivity index (χ1v) is 7.30. The molecule has 0 amide bonds. The van der Waals surface area contributed by atoms with Gasteiger partial charge in [-0.05, 0) is 31.9 Å². The van der Waals surface area contributed by atoms with E-state index in [1.165, 1.54) is 0 Å². The molecule has 6 heteroatoms. The maximum absolute atomic E-state index is 12.0. The zero-order valence-corrected chi connectivity index (χ0v) is 12.3. The number of nitrogens with zero attached hydrogens (tertiary/aromatic N) is 2. The molecule has 0 spiro atoms. The van der Waals surface area contributed by atoms with Gasteiger partial charge >= 0.3 is 0 Å². The van der Waals surface area contributed by atoms with Crippen LogP contribution in [0.1, 0.15) is 44.8 Å². The van der Waals surface area contributed by atoms with Crippen LogP contribution in [0.5, 0.6) is 0 Å². The Morgan fingerprint density at radius 2 is 2.15 bits per heavy atom. The van der Waals surface area contributed by atoms with Crippen LogP contribution in [0, 0.1) is 0 Å². The van der Waals surface area contributed by atoms with Gasteiger partial charge in [0.15, 0.2) is 0 Å². The fraction of sp³-hybridized carbons (Fsp3) is 0.786. The van der Waals surface area contributed by atoms with Crippen molar-refractivity contribution >= 4 is 0 Å². The fourth-order valence-corrected chi connectivity index (χ4v) is 2.08. The van der Waals surface area contributed by atoms with Crippen molar-refractivity contribution in [3.8, 4) is 0 Å². The Balaban J connectivity index is 2.55. The van der Waals surface area contributed by atoms with Crippen LogP contribution in [0.2, 0.25) is 0 Å². The van der Waals surface area contributed by atoms with Gasteiger partial charge in [-0.25, -0.2) is 8.78 Å². The molecule has 0 aromatic carbocycles. The van der Waals surface area contributed by atoms with E-state index in [0.29, 0.717) is 13.0 Å². The largest absolute Gasteiger partial charge is 0.375 e. The Kier molecular flexibility index (Phi) is 8.37. The zero-order chi connectivity index (χ0) is 14.8. The fourth-order valence-electron chi connectivity index (χ4n) is 2.08. The van der Waals surface area contributed by atoms with Crippen LogP contribution < -0.4 is 5.32 Å². The van der Waals surface area contributed by atoms with E-state index in [2.05, 4.69) is 24.3 Å². The molecule has 1 aromatic rings. The molecule has 116 valence electrons. The summed E-state index contributed by atoms with van der Waals surface area (Å²) in [6, 6.07) is 2.08. The second kappa shape index (κ2) is 9.83.